The average Bonchev–Trinajstić information content (AvgIpc) is 2.83. The summed E-state index contributed by atoms with van der Waals surface area (Å²) in [5.74, 6) is 0.900. The van der Waals surface area contributed by atoms with Crippen LogP contribution in [0.1, 0.15) is 66.1 Å². The zero-order chi connectivity index (χ0) is 17.8. The maximum absolute atomic E-state index is 12.8. The number of thiophene rings is 1. The number of carbonyl (C=O) groups is 2. The highest BCUT2D eigenvalue weighted by atomic mass is 32.1. The molecule has 1 unspecified atom stereocenters. The molecule has 2 amide bonds. The molecule has 138 valence electrons. The Balaban J connectivity index is 1.64. The van der Waals surface area contributed by atoms with Crippen molar-refractivity contribution in [2.45, 2.75) is 58.8 Å². The Morgan fingerprint density at radius 1 is 1.24 bits per heavy atom. The molecule has 0 radical (unpaired) electrons. The molecule has 1 aliphatic heterocycles. The van der Waals surface area contributed by atoms with Crippen molar-refractivity contribution in [2.75, 3.05) is 19.6 Å². The zero-order valence-electron chi connectivity index (χ0n) is 15.5. The summed E-state index contributed by atoms with van der Waals surface area (Å²) >= 11 is 1.65. The lowest BCUT2D eigenvalue weighted by molar-refractivity contribution is -0.125. The molecule has 1 atom stereocenters. The van der Waals surface area contributed by atoms with E-state index in [1.165, 1.54) is 23.3 Å². The van der Waals surface area contributed by atoms with Gasteiger partial charge in [-0.15, -0.1) is 11.3 Å². The minimum Gasteiger partial charge on any atom is -0.356 e. The molecule has 25 heavy (non-hydrogen) atoms. The first kappa shape index (κ1) is 18.4. The third-order valence-corrected chi connectivity index (χ3v) is 6.47. The van der Waals surface area contributed by atoms with Crippen LogP contribution in [0.3, 0.4) is 0 Å². The standard InChI is InChI=1S/C20H30N2O2S/c1-14(2)13-21-19(23)15-7-8-17-16(11-15)12-18(25-17)20(24)22-9-5-3-4-6-10-22/h12,14-15H,3-11,13H2,1-2H3,(H,21,23). The Hall–Kier alpha value is -1.36. The van der Waals surface area contributed by atoms with Crippen molar-refractivity contribution < 1.29 is 9.59 Å². The van der Waals surface area contributed by atoms with Gasteiger partial charge in [0.1, 0.15) is 0 Å². The predicted molar refractivity (Wildman–Crippen MR) is 102 cm³/mol. The summed E-state index contributed by atoms with van der Waals surface area (Å²) < 4.78 is 0. The molecular weight excluding hydrogens is 332 g/mol. The number of rotatable bonds is 4. The lowest BCUT2D eigenvalue weighted by Gasteiger charge is -2.21. The second kappa shape index (κ2) is 8.35. The van der Waals surface area contributed by atoms with Gasteiger partial charge in [0.15, 0.2) is 0 Å². The van der Waals surface area contributed by atoms with Crippen molar-refractivity contribution in [3.8, 4) is 0 Å². The van der Waals surface area contributed by atoms with Gasteiger partial charge < -0.3 is 10.2 Å². The molecule has 0 aromatic carbocycles. The molecule has 1 aliphatic carbocycles. The number of nitrogens with one attached hydrogen (secondary N) is 1. The monoisotopic (exact) mass is 362 g/mol. The first-order valence-electron chi connectivity index (χ1n) is 9.73. The minimum atomic E-state index is 0.0574. The van der Waals surface area contributed by atoms with E-state index in [4.69, 9.17) is 0 Å². The van der Waals surface area contributed by atoms with E-state index in [9.17, 15) is 9.59 Å². The van der Waals surface area contributed by atoms with Crippen molar-refractivity contribution in [1.82, 2.24) is 10.2 Å². The molecule has 2 aliphatic rings. The number of amides is 2. The van der Waals surface area contributed by atoms with Crippen molar-refractivity contribution in [2.24, 2.45) is 11.8 Å². The predicted octanol–water partition coefficient (Wildman–Crippen LogP) is 3.64. The van der Waals surface area contributed by atoms with Crippen LogP contribution in [0.4, 0.5) is 0 Å². The van der Waals surface area contributed by atoms with E-state index in [0.29, 0.717) is 5.92 Å². The summed E-state index contributed by atoms with van der Waals surface area (Å²) in [4.78, 5) is 29.4. The van der Waals surface area contributed by atoms with E-state index in [1.807, 2.05) is 4.90 Å². The van der Waals surface area contributed by atoms with Crippen LogP contribution >= 0.6 is 11.3 Å². The number of carbonyl (C=O) groups excluding carboxylic acids is 2. The van der Waals surface area contributed by atoms with Crippen molar-refractivity contribution in [3.63, 3.8) is 0 Å². The molecule has 1 fully saturated rings. The number of nitrogens with zero attached hydrogens (tertiary/aromatic N) is 1. The van der Waals surface area contributed by atoms with Crippen LogP contribution in [0.15, 0.2) is 6.07 Å². The summed E-state index contributed by atoms with van der Waals surface area (Å²) in [7, 11) is 0. The smallest absolute Gasteiger partial charge is 0.263 e. The van der Waals surface area contributed by atoms with Crippen LogP contribution < -0.4 is 5.32 Å². The van der Waals surface area contributed by atoms with Crippen LogP contribution in [-0.2, 0) is 17.6 Å². The third-order valence-electron chi connectivity index (χ3n) is 5.24. The molecule has 4 nitrogen and oxygen atoms in total. The summed E-state index contributed by atoms with van der Waals surface area (Å²) in [5, 5.41) is 3.06. The second-order valence-electron chi connectivity index (χ2n) is 7.84. The Kier molecular flexibility index (Phi) is 6.15. The van der Waals surface area contributed by atoms with Gasteiger partial charge in [-0.2, -0.15) is 0 Å². The number of hydrogen-bond donors (Lipinski definition) is 1. The number of aryl methyl sites for hydroxylation is 1. The van der Waals surface area contributed by atoms with Crippen LogP contribution in [-0.4, -0.2) is 36.3 Å². The summed E-state index contributed by atoms with van der Waals surface area (Å²) in [6.45, 7) is 6.74. The molecular formula is C20H30N2O2S. The highest BCUT2D eigenvalue weighted by Gasteiger charge is 2.28. The van der Waals surface area contributed by atoms with Crippen LogP contribution in [0.25, 0.3) is 0 Å². The quantitative estimate of drug-likeness (QED) is 0.889. The summed E-state index contributed by atoms with van der Waals surface area (Å²) in [6, 6.07) is 2.06. The average molecular weight is 363 g/mol. The Morgan fingerprint density at radius 2 is 1.96 bits per heavy atom. The first-order chi connectivity index (χ1) is 12.0. The zero-order valence-corrected chi connectivity index (χ0v) is 16.3. The van der Waals surface area contributed by atoms with Gasteiger partial charge >= 0.3 is 0 Å². The van der Waals surface area contributed by atoms with E-state index in [1.54, 1.807) is 11.3 Å². The summed E-state index contributed by atoms with van der Waals surface area (Å²) in [5.41, 5.74) is 1.22. The number of fused-ring (bicyclic) bond motifs is 1. The largest absolute Gasteiger partial charge is 0.356 e. The Bertz CT molecular complexity index is 615. The van der Waals surface area contributed by atoms with E-state index < -0.39 is 0 Å². The fraction of sp³-hybridized carbons (Fsp3) is 0.700. The summed E-state index contributed by atoms with van der Waals surface area (Å²) in [6.07, 6.45) is 7.31. The molecule has 5 heteroatoms. The van der Waals surface area contributed by atoms with Gasteiger partial charge in [0, 0.05) is 30.4 Å². The molecule has 1 N–H and O–H groups in total. The molecule has 2 heterocycles. The van der Waals surface area contributed by atoms with Gasteiger partial charge in [0.2, 0.25) is 5.91 Å². The molecule has 1 saturated heterocycles. The molecule has 0 spiro atoms. The van der Waals surface area contributed by atoms with Crippen molar-refractivity contribution >= 4 is 23.2 Å². The van der Waals surface area contributed by atoms with Crippen molar-refractivity contribution in [3.05, 3.63) is 21.4 Å². The van der Waals surface area contributed by atoms with Crippen LogP contribution in [0.2, 0.25) is 0 Å². The van der Waals surface area contributed by atoms with E-state index in [2.05, 4.69) is 25.2 Å². The fourth-order valence-electron chi connectivity index (χ4n) is 3.73. The fourth-order valence-corrected chi connectivity index (χ4v) is 4.91. The van der Waals surface area contributed by atoms with Gasteiger partial charge in [-0.1, -0.05) is 26.7 Å². The van der Waals surface area contributed by atoms with Gasteiger partial charge in [-0.3, -0.25) is 9.59 Å². The third kappa shape index (κ3) is 4.63. The molecule has 1 aromatic heterocycles. The highest BCUT2D eigenvalue weighted by molar-refractivity contribution is 7.14. The first-order valence-corrected chi connectivity index (χ1v) is 10.5. The Morgan fingerprint density at radius 3 is 2.64 bits per heavy atom. The van der Waals surface area contributed by atoms with E-state index in [0.717, 1.165) is 56.6 Å². The number of hydrogen-bond acceptors (Lipinski definition) is 3. The van der Waals surface area contributed by atoms with E-state index >= 15 is 0 Å². The van der Waals surface area contributed by atoms with Crippen LogP contribution in [0, 0.1) is 11.8 Å². The van der Waals surface area contributed by atoms with Crippen molar-refractivity contribution in [1.29, 1.82) is 0 Å². The van der Waals surface area contributed by atoms with Gasteiger partial charge in [-0.25, -0.2) is 0 Å². The van der Waals surface area contributed by atoms with Gasteiger partial charge in [0.25, 0.3) is 5.91 Å². The van der Waals surface area contributed by atoms with Gasteiger partial charge in [-0.05, 0) is 49.7 Å². The van der Waals surface area contributed by atoms with E-state index in [-0.39, 0.29) is 17.7 Å². The molecule has 1 aromatic rings. The van der Waals surface area contributed by atoms with Crippen LogP contribution in [0.5, 0.6) is 0 Å². The minimum absolute atomic E-state index is 0.0574. The van der Waals surface area contributed by atoms with Gasteiger partial charge in [0.05, 0.1) is 4.88 Å². The molecule has 0 saturated carbocycles. The normalized spacial score (nSPS) is 20.9. The number of likely N-dealkylation sites (tertiary alicyclic amines) is 1. The lowest BCUT2D eigenvalue weighted by Crippen LogP contribution is -2.35. The maximum atomic E-state index is 12.8. The maximum Gasteiger partial charge on any atom is 0.263 e. The lowest BCUT2D eigenvalue weighted by atomic mass is 9.87. The Labute approximate surface area is 155 Å². The highest BCUT2D eigenvalue weighted by Crippen LogP contribution is 2.33. The topological polar surface area (TPSA) is 49.4 Å². The molecule has 0 bridgehead atoms. The molecule has 3 rings (SSSR count). The second-order valence-corrected chi connectivity index (χ2v) is 8.98. The SMILES string of the molecule is CC(C)CNC(=O)C1CCc2sc(C(=O)N3CCCCCC3)cc2C1.